The molecule has 0 aromatic heterocycles. The average Bonchev–Trinajstić information content (AvgIpc) is 2.82. The van der Waals surface area contributed by atoms with Gasteiger partial charge < -0.3 is 0 Å². The normalized spacial score (nSPS) is 36.4. The van der Waals surface area contributed by atoms with Gasteiger partial charge in [-0.1, -0.05) is 54.7 Å². The van der Waals surface area contributed by atoms with E-state index in [1.807, 2.05) is 0 Å². The van der Waals surface area contributed by atoms with Gasteiger partial charge in [-0.2, -0.15) is 0 Å². The number of fused-ring (bicyclic) bond motifs is 1. The molecule has 0 aromatic carbocycles. The molecular weight excluding hydrogens is 192 g/mol. The minimum Gasteiger partial charge on any atom is -0.0992 e. The van der Waals surface area contributed by atoms with Crippen LogP contribution in [0.15, 0.2) is 60.3 Å². The number of rotatable bonds is 1. The fraction of sp³-hybridized carbons (Fsp3) is 0.375. The molecule has 1 saturated carbocycles. The van der Waals surface area contributed by atoms with E-state index in [0.29, 0.717) is 17.8 Å². The van der Waals surface area contributed by atoms with Gasteiger partial charge in [-0.05, 0) is 36.7 Å². The van der Waals surface area contributed by atoms with Gasteiger partial charge in [0.2, 0.25) is 0 Å². The van der Waals surface area contributed by atoms with Crippen LogP contribution in [0.1, 0.15) is 19.3 Å². The Hall–Kier alpha value is -1.30. The lowest BCUT2D eigenvalue weighted by molar-refractivity contribution is 0.351. The monoisotopic (exact) mass is 210 g/mol. The maximum Gasteiger partial charge on any atom is 0.00405 e. The summed E-state index contributed by atoms with van der Waals surface area (Å²) in [7, 11) is 0. The van der Waals surface area contributed by atoms with Crippen LogP contribution in [0.4, 0.5) is 0 Å². The second kappa shape index (κ2) is 3.93. The fourth-order valence-corrected chi connectivity index (χ4v) is 3.21. The van der Waals surface area contributed by atoms with Gasteiger partial charge >= 0.3 is 0 Å². The van der Waals surface area contributed by atoms with Crippen LogP contribution >= 0.6 is 0 Å². The van der Waals surface area contributed by atoms with Gasteiger partial charge in [-0.3, -0.25) is 0 Å². The molecule has 0 heterocycles. The summed E-state index contributed by atoms with van der Waals surface area (Å²) < 4.78 is 0. The molecule has 3 rings (SSSR count). The zero-order chi connectivity index (χ0) is 11.0. The van der Waals surface area contributed by atoms with E-state index in [0.717, 1.165) is 6.42 Å². The maximum atomic E-state index is 4.28. The van der Waals surface area contributed by atoms with Crippen LogP contribution in [0, 0.1) is 17.8 Å². The number of hydrogen-bond acceptors (Lipinski definition) is 0. The summed E-state index contributed by atoms with van der Waals surface area (Å²) in [5, 5.41) is 0. The van der Waals surface area contributed by atoms with Crippen molar-refractivity contribution in [3.63, 3.8) is 0 Å². The Morgan fingerprint density at radius 1 is 1.19 bits per heavy atom. The lowest BCUT2D eigenvalue weighted by Crippen LogP contribution is -2.25. The summed E-state index contributed by atoms with van der Waals surface area (Å²) in [5.74, 6) is 2.00. The molecule has 3 unspecified atom stereocenters. The molecule has 1 fully saturated rings. The maximum absolute atomic E-state index is 4.28. The van der Waals surface area contributed by atoms with Crippen LogP contribution in [-0.4, -0.2) is 0 Å². The van der Waals surface area contributed by atoms with E-state index in [1.165, 1.54) is 18.4 Å². The van der Waals surface area contributed by atoms with Gasteiger partial charge in [0, 0.05) is 5.92 Å². The Morgan fingerprint density at radius 3 is 2.88 bits per heavy atom. The molecule has 3 atom stereocenters. The van der Waals surface area contributed by atoms with Crippen LogP contribution in [0.2, 0.25) is 0 Å². The first-order chi connectivity index (χ1) is 7.84. The highest BCUT2D eigenvalue weighted by atomic mass is 14.4. The highest BCUT2D eigenvalue weighted by Gasteiger charge is 2.32. The fourth-order valence-electron chi connectivity index (χ4n) is 3.21. The zero-order valence-corrected chi connectivity index (χ0v) is 9.60. The van der Waals surface area contributed by atoms with Crippen LogP contribution in [0.3, 0.4) is 0 Å². The van der Waals surface area contributed by atoms with Crippen LogP contribution in [0.25, 0.3) is 0 Å². The predicted molar refractivity (Wildman–Crippen MR) is 69.0 cm³/mol. The smallest absolute Gasteiger partial charge is 0.00405 e. The van der Waals surface area contributed by atoms with Gasteiger partial charge in [-0.25, -0.2) is 0 Å². The van der Waals surface area contributed by atoms with Gasteiger partial charge in [0.1, 0.15) is 0 Å². The van der Waals surface area contributed by atoms with Crippen LogP contribution in [-0.2, 0) is 0 Å². The molecule has 82 valence electrons. The van der Waals surface area contributed by atoms with E-state index >= 15 is 0 Å². The van der Waals surface area contributed by atoms with Gasteiger partial charge in [0.05, 0.1) is 0 Å². The van der Waals surface area contributed by atoms with Crippen molar-refractivity contribution >= 4 is 0 Å². The molecule has 0 amide bonds. The third-order valence-electron chi connectivity index (χ3n) is 4.06. The van der Waals surface area contributed by atoms with Crippen molar-refractivity contribution in [2.24, 2.45) is 17.8 Å². The lowest BCUT2D eigenvalue weighted by atomic mass is 9.68. The number of allylic oxidation sites excluding steroid dienone is 9. The van der Waals surface area contributed by atoms with E-state index in [4.69, 9.17) is 0 Å². The second-order valence-electron chi connectivity index (χ2n) is 5.10. The zero-order valence-electron chi connectivity index (χ0n) is 9.60. The van der Waals surface area contributed by atoms with Crippen molar-refractivity contribution in [2.45, 2.75) is 19.3 Å². The van der Waals surface area contributed by atoms with Crippen molar-refractivity contribution in [1.29, 1.82) is 0 Å². The Kier molecular flexibility index (Phi) is 2.43. The molecule has 0 bridgehead atoms. The van der Waals surface area contributed by atoms with E-state index < -0.39 is 0 Å². The predicted octanol–water partition coefficient (Wildman–Crippen LogP) is 4.20. The summed E-state index contributed by atoms with van der Waals surface area (Å²) >= 11 is 0. The molecule has 0 aromatic rings. The second-order valence-corrected chi connectivity index (χ2v) is 5.10. The minimum atomic E-state index is 0.604. The van der Waals surface area contributed by atoms with Crippen molar-refractivity contribution in [3.8, 4) is 0 Å². The quantitative estimate of drug-likeness (QED) is 0.569. The Bertz CT molecular complexity index is 417. The summed E-state index contributed by atoms with van der Waals surface area (Å²) in [6.45, 7) is 4.28. The van der Waals surface area contributed by atoms with Crippen molar-refractivity contribution in [1.82, 2.24) is 0 Å². The largest absolute Gasteiger partial charge is 0.0992 e. The summed E-state index contributed by atoms with van der Waals surface area (Å²) in [4.78, 5) is 0. The summed E-state index contributed by atoms with van der Waals surface area (Å²) in [5.41, 5.74) is 2.96. The highest BCUT2D eigenvalue weighted by Crippen LogP contribution is 2.43. The SMILES string of the molecule is C=C1CC(C2=CCC=C2)CC2C=CC=CC12. The van der Waals surface area contributed by atoms with E-state index in [-0.39, 0.29) is 0 Å². The molecule has 0 aliphatic heterocycles. The van der Waals surface area contributed by atoms with Crippen molar-refractivity contribution in [3.05, 3.63) is 60.3 Å². The third-order valence-corrected chi connectivity index (χ3v) is 4.06. The molecule has 16 heavy (non-hydrogen) atoms. The molecule has 0 saturated heterocycles. The molecule has 3 aliphatic carbocycles. The van der Waals surface area contributed by atoms with Crippen molar-refractivity contribution < 1.29 is 0 Å². The highest BCUT2D eigenvalue weighted by molar-refractivity contribution is 5.34. The van der Waals surface area contributed by atoms with E-state index in [1.54, 1.807) is 5.57 Å². The van der Waals surface area contributed by atoms with Crippen LogP contribution in [0.5, 0.6) is 0 Å². The lowest BCUT2D eigenvalue weighted by Gasteiger charge is -2.36. The molecule has 0 spiro atoms. The molecule has 3 aliphatic rings. The molecule has 0 heteroatoms. The first-order valence-corrected chi connectivity index (χ1v) is 6.24. The molecule has 0 N–H and O–H groups in total. The van der Waals surface area contributed by atoms with Gasteiger partial charge in [0.15, 0.2) is 0 Å². The van der Waals surface area contributed by atoms with Gasteiger partial charge in [0.25, 0.3) is 0 Å². The number of hydrogen-bond donors (Lipinski definition) is 0. The Balaban J connectivity index is 1.81. The van der Waals surface area contributed by atoms with Crippen LogP contribution < -0.4 is 0 Å². The molecule has 0 nitrogen and oxygen atoms in total. The standard InChI is InChI=1S/C16H18/c1-12-10-15(13-6-2-3-7-13)11-14-8-4-5-9-16(12)14/h2,4-9,14-16H,1,3,10-11H2. The van der Waals surface area contributed by atoms with Crippen molar-refractivity contribution in [2.75, 3.05) is 0 Å². The third kappa shape index (κ3) is 1.63. The topological polar surface area (TPSA) is 0 Å². The first-order valence-electron chi connectivity index (χ1n) is 6.24. The van der Waals surface area contributed by atoms with Gasteiger partial charge in [-0.15, -0.1) is 0 Å². The minimum absolute atomic E-state index is 0.604. The summed E-state index contributed by atoms with van der Waals surface area (Å²) in [6, 6.07) is 0. The van der Waals surface area contributed by atoms with E-state index in [9.17, 15) is 0 Å². The molecular formula is C16H18. The van der Waals surface area contributed by atoms with E-state index in [2.05, 4.69) is 49.1 Å². The Morgan fingerprint density at radius 2 is 2.06 bits per heavy atom. The molecule has 0 radical (unpaired) electrons. The summed E-state index contributed by atoms with van der Waals surface area (Å²) in [6.07, 6.45) is 19.6. The average molecular weight is 210 g/mol. The first kappa shape index (κ1) is 9.89. The Labute approximate surface area is 97.7 Å².